The van der Waals surface area contributed by atoms with E-state index in [0.29, 0.717) is 29.2 Å². The highest BCUT2D eigenvalue weighted by molar-refractivity contribution is 5.25. The second kappa shape index (κ2) is 7.59. The lowest BCUT2D eigenvalue weighted by molar-refractivity contribution is -0.0655. The molecule has 1 aliphatic heterocycles. The quantitative estimate of drug-likeness (QED) is 0.561. The number of aliphatic hydroxyl groups excluding tert-OH is 2. The van der Waals surface area contributed by atoms with Crippen LogP contribution < -0.4 is 5.32 Å². The third kappa shape index (κ3) is 3.17. The Kier molecular flexibility index (Phi) is 5.43. The molecular formula is C27H45NO2. The molecule has 0 radical (unpaired) electrons. The molecule has 0 aromatic heterocycles. The first-order valence-corrected chi connectivity index (χ1v) is 13.0. The summed E-state index contributed by atoms with van der Waals surface area (Å²) >= 11 is 0. The Morgan fingerprint density at radius 1 is 1.07 bits per heavy atom. The minimum Gasteiger partial charge on any atom is -0.393 e. The Morgan fingerprint density at radius 2 is 1.87 bits per heavy atom. The lowest BCUT2D eigenvalue weighted by Crippen LogP contribution is -2.53. The van der Waals surface area contributed by atoms with Crippen molar-refractivity contribution < 1.29 is 10.2 Å². The number of aliphatic hydroxyl groups is 2. The van der Waals surface area contributed by atoms with Gasteiger partial charge in [-0.05, 0) is 111 Å². The number of rotatable bonds is 2. The average molecular weight is 416 g/mol. The summed E-state index contributed by atoms with van der Waals surface area (Å²) < 4.78 is 0. The maximum atomic E-state index is 11.4. The van der Waals surface area contributed by atoms with Crippen molar-refractivity contribution in [1.82, 2.24) is 5.32 Å². The topological polar surface area (TPSA) is 52.5 Å². The minimum absolute atomic E-state index is 0.126. The highest BCUT2D eigenvalue weighted by Gasteiger charge is 2.62. The minimum atomic E-state index is -0.138. The van der Waals surface area contributed by atoms with E-state index in [1.54, 1.807) is 5.57 Å². The number of hydrogen-bond donors (Lipinski definition) is 3. The van der Waals surface area contributed by atoms with Gasteiger partial charge in [0, 0.05) is 6.04 Å². The molecule has 0 amide bonds. The van der Waals surface area contributed by atoms with Crippen molar-refractivity contribution in [2.75, 3.05) is 6.54 Å². The number of allylic oxidation sites excluding steroid dienone is 1. The summed E-state index contributed by atoms with van der Waals surface area (Å²) in [6.07, 6.45) is 12.6. The van der Waals surface area contributed by atoms with Crippen molar-refractivity contribution in [3.8, 4) is 0 Å². The third-order valence-electron chi connectivity index (χ3n) is 11.1. The zero-order valence-corrected chi connectivity index (χ0v) is 19.7. The number of nitrogens with one attached hydrogen (secondary N) is 1. The number of hydrogen-bond acceptors (Lipinski definition) is 3. The van der Waals surface area contributed by atoms with Gasteiger partial charge in [0.15, 0.2) is 0 Å². The zero-order valence-electron chi connectivity index (χ0n) is 19.7. The average Bonchev–Trinajstić information content (AvgIpc) is 2.98. The van der Waals surface area contributed by atoms with Gasteiger partial charge in [-0.15, -0.1) is 0 Å². The van der Waals surface area contributed by atoms with Crippen LogP contribution in [0.1, 0.15) is 85.5 Å². The van der Waals surface area contributed by atoms with Gasteiger partial charge < -0.3 is 15.5 Å². The van der Waals surface area contributed by atoms with Crippen molar-refractivity contribution in [1.29, 1.82) is 0 Å². The van der Waals surface area contributed by atoms with Crippen LogP contribution in [0.4, 0.5) is 0 Å². The Hall–Kier alpha value is -0.380. The van der Waals surface area contributed by atoms with Gasteiger partial charge in [0.25, 0.3) is 0 Å². The monoisotopic (exact) mass is 415 g/mol. The zero-order chi connectivity index (χ0) is 21.3. The van der Waals surface area contributed by atoms with E-state index in [1.165, 1.54) is 32.1 Å². The molecule has 11 atom stereocenters. The van der Waals surface area contributed by atoms with Crippen LogP contribution in [0, 0.1) is 46.3 Å². The third-order valence-corrected chi connectivity index (χ3v) is 11.1. The van der Waals surface area contributed by atoms with E-state index in [9.17, 15) is 10.2 Å². The Labute approximate surface area is 184 Å². The van der Waals surface area contributed by atoms with Crippen LogP contribution in [-0.4, -0.2) is 35.0 Å². The van der Waals surface area contributed by atoms with Gasteiger partial charge in [0.2, 0.25) is 0 Å². The molecular weight excluding hydrogens is 370 g/mol. The van der Waals surface area contributed by atoms with Gasteiger partial charge in [-0.3, -0.25) is 0 Å². The summed E-state index contributed by atoms with van der Waals surface area (Å²) in [5.74, 6) is 3.90. The van der Waals surface area contributed by atoms with Gasteiger partial charge in [-0.1, -0.05) is 39.3 Å². The lowest BCUT2D eigenvalue weighted by atomic mass is 9.47. The van der Waals surface area contributed by atoms with E-state index in [-0.39, 0.29) is 17.6 Å². The molecule has 1 saturated heterocycles. The van der Waals surface area contributed by atoms with E-state index in [4.69, 9.17) is 0 Å². The SMILES string of the molecule is C[C@H]1CC[C@@H]([C@@H](C)[C@H]2[C@H](O)C[C@H]3[C@@H]4CC=C5C[C@@H](O)CC[C@]5(C)[C@H]4CC[C@]23C)NC1. The normalized spacial score (nSPS) is 54.5. The molecule has 3 saturated carbocycles. The van der Waals surface area contributed by atoms with E-state index >= 15 is 0 Å². The van der Waals surface area contributed by atoms with E-state index in [2.05, 4.69) is 39.1 Å². The molecule has 5 aliphatic rings. The van der Waals surface area contributed by atoms with Crippen LogP contribution in [0.25, 0.3) is 0 Å². The molecule has 3 heteroatoms. The summed E-state index contributed by atoms with van der Waals surface area (Å²) in [6.45, 7) is 11.0. The summed E-state index contributed by atoms with van der Waals surface area (Å²) in [6, 6.07) is 0.573. The van der Waals surface area contributed by atoms with Crippen LogP contribution in [0.2, 0.25) is 0 Å². The molecule has 5 rings (SSSR count). The molecule has 0 bridgehead atoms. The lowest BCUT2D eigenvalue weighted by Gasteiger charge is -2.58. The smallest absolute Gasteiger partial charge is 0.0579 e. The van der Waals surface area contributed by atoms with Gasteiger partial charge in [0.05, 0.1) is 12.2 Å². The van der Waals surface area contributed by atoms with Crippen LogP contribution >= 0.6 is 0 Å². The highest BCUT2D eigenvalue weighted by atomic mass is 16.3. The summed E-state index contributed by atoms with van der Waals surface area (Å²) in [7, 11) is 0. The van der Waals surface area contributed by atoms with E-state index < -0.39 is 0 Å². The van der Waals surface area contributed by atoms with E-state index in [1.807, 2.05) is 0 Å². The molecule has 0 aromatic rings. The van der Waals surface area contributed by atoms with Crippen LogP contribution in [-0.2, 0) is 0 Å². The maximum absolute atomic E-state index is 11.4. The summed E-state index contributed by atoms with van der Waals surface area (Å²) in [4.78, 5) is 0. The van der Waals surface area contributed by atoms with Crippen LogP contribution in [0.3, 0.4) is 0 Å². The molecule has 3 N–H and O–H groups in total. The second-order valence-electron chi connectivity index (χ2n) is 12.6. The molecule has 0 spiro atoms. The summed E-state index contributed by atoms with van der Waals surface area (Å²) in [5.41, 5.74) is 2.12. The molecule has 0 unspecified atom stereocenters. The predicted octanol–water partition coefficient (Wildman–Crippen LogP) is 4.92. The van der Waals surface area contributed by atoms with Crippen molar-refractivity contribution in [2.24, 2.45) is 46.3 Å². The van der Waals surface area contributed by atoms with E-state index in [0.717, 1.165) is 50.0 Å². The van der Waals surface area contributed by atoms with Crippen molar-refractivity contribution in [3.63, 3.8) is 0 Å². The predicted molar refractivity (Wildman–Crippen MR) is 122 cm³/mol. The fourth-order valence-electron chi connectivity index (χ4n) is 9.36. The summed E-state index contributed by atoms with van der Waals surface area (Å²) in [5, 5.41) is 25.5. The fraction of sp³-hybridized carbons (Fsp3) is 0.926. The molecule has 170 valence electrons. The molecule has 30 heavy (non-hydrogen) atoms. The maximum Gasteiger partial charge on any atom is 0.0579 e. The first-order valence-electron chi connectivity index (χ1n) is 13.0. The first kappa shape index (κ1) is 21.5. The van der Waals surface area contributed by atoms with Gasteiger partial charge in [-0.25, -0.2) is 0 Å². The molecule has 4 aliphatic carbocycles. The van der Waals surface area contributed by atoms with Gasteiger partial charge in [-0.2, -0.15) is 0 Å². The number of piperidine rings is 1. The van der Waals surface area contributed by atoms with Crippen LogP contribution in [0.5, 0.6) is 0 Å². The van der Waals surface area contributed by atoms with Crippen molar-refractivity contribution >= 4 is 0 Å². The number of fused-ring (bicyclic) bond motifs is 5. The molecule has 0 aromatic carbocycles. The van der Waals surface area contributed by atoms with Crippen molar-refractivity contribution in [2.45, 2.75) is 104 Å². The van der Waals surface area contributed by atoms with Gasteiger partial charge in [0.1, 0.15) is 0 Å². The second-order valence-corrected chi connectivity index (χ2v) is 12.6. The Bertz CT molecular complexity index is 682. The Morgan fingerprint density at radius 3 is 2.60 bits per heavy atom. The first-order chi connectivity index (χ1) is 14.2. The Balaban J connectivity index is 1.39. The van der Waals surface area contributed by atoms with Crippen molar-refractivity contribution in [3.05, 3.63) is 11.6 Å². The van der Waals surface area contributed by atoms with Gasteiger partial charge >= 0.3 is 0 Å². The van der Waals surface area contributed by atoms with Crippen LogP contribution in [0.15, 0.2) is 11.6 Å². The standard InChI is InChI=1S/C27H45NO2/c1-16-5-8-23(28-15-16)17(2)25-24(30)14-22-20-7-6-18-13-19(29)9-11-26(18,3)21(20)10-12-27(22,25)4/h6,16-17,19-25,28-30H,5,7-15H2,1-4H3/t16-,17+,19-,20+,21-,22-,23-,24+,25-,26-,27-/m0/s1. The fourth-order valence-corrected chi connectivity index (χ4v) is 9.36. The molecule has 1 heterocycles. The molecule has 3 nitrogen and oxygen atoms in total. The highest BCUT2D eigenvalue weighted by Crippen LogP contribution is 2.67. The largest absolute Gasteiger partial charge is 0.393 e. The molecule has 4 fully saturated rings.